The summed E-state index contributed by atoms with van der Waals surface area (Å²) in [6.45, 7) is 7.25. The summed E-state index contributed by atoms with van der Waals surface area (Å²) >= 11 is 0. The van der Waals surface area contributed by atoms with Crippen LogP contribution in [0.4, 0.5) is 0 Å². The summed E-state index contributed by atoms with van der Waals surface area (Å²) in [5.74, 6) is 0.127. The number of hydrogen-bond acceptors (Lipinski definition) is 3. The van der Waals surface area contributed by atoms with Gasteiger partial charge in [0.15, 0.2) is 5.78 Å². The first-order chi connectivity index (χ1) is 12.5. The van der Waals surface area contributed by atoms with E-state index in [9.17, 15) is 4.79 Å². The third-order valence-electron chi connectivity index (χ3n) is 5.00. The molecule has 1 unspecified atom stereocenters. The third kappa shape index (κ3) is 3.40. The average Bonchev–Trinajstić information content (AvgIpc) is 3.01. The highest BCUT2D eigenvalue weighted by atomic mass is 16.1. The van der Waals surface area contributed by atoms with Crippen LogP contribution < -0.4 is 0 Å². The van der Waals surface area contributed by atoms with E-state index in [0.29, 0.717) is 12.1 Å². The van der Waals surface area contributed by atoms with Crippen LogP contribution in [0.25, 0.3) is 10.9 Å². The molecular weight excluding hydrogens is 322 g/mol. The number of carbonyl (C=O) groups is 1. The van der Waals surface area contributed by atoms with Crippen molar-refractivity contribution < 1.29 is 4.79 Å². The smallest absolute Gasteiger partial charge is 0.179 e. The van der Waals surface area contributed by atoms with Gasteiger partial charge in [0, 0.05) is 28.2 Å². The van der Waals surface area contributed by atoms with E-state index in [0.717, 1.165) is 34.3 Å². The second-order valence-corrected chi connectivity index (χ2v) is 6.57. The summed E-state index contributed by atoms with van der Waals surface area (Å²) in [7, 11) is 0. The maximum absolute atomic E-state index is 13.0. The first-order valence-electron chi connectivity index (χ1n) is 8.89. The number of Topliss-reactive ketones (excluding diaryl/α,β-unsaturated/α-hetero) is 1. The molecule has 0 bridgehead atoms. The Labute approximate surface area is 154 Å². The molecule has 0 aliphatic rings. The van der Waals surface area contributed by atoms with Crippen molar-refractivity contribution >= 4 is 16.7 Å². The first-order valence-corrected chi connectivity index (χ1v) is 8.89. The number of aromatic amines is 1. The molecule has 0 aliphatic heterocycles. The molecule has 0 radical (unpaired) electrons. The molecule has 0 amide bonds. The number of nitrogens with zero attached hydrogens (tertiary/aromatic N) is 2. The van der Waals surface area contributed by atoms with Gasteiger partial charge in [0.25, 0.3) is 0 Å². The molecule has 0 spiro atoms. The molecule has 3 rings (SSSR count). The number of aryl methyl sites for hydroxylation is 1. The van der Waals surface area contributed by atoms with Gasteiger partial charge in [0.05, 0.1) is 18.2 Å². The Balaban J connectivity index is 1.83. The zero-order valence-electron chi connectivity index (χ0n) is 15.4. The van der Waals surface area contributed by atoms with E-state index in [1.807, 2.05) is 55.5 Å². The van der Waals surface area contributed by atoms with Crippen LogP contribution in [-0.2, 0) is 0 Å². The molecule has 1 aromatic heterocycles. The number of nitrogens with one attached hydrogen (secondary N) is 1. The number of H-pyrrole nitrogens is 1. The normalized spacial score (nSPS) is 12.3. The Morgan fingerprint density at radius 1 is 1.19 bits per heavy atom. The molecule has 26 heavy (non-hydrogen) atoms. The van der Waals surface area contributed by atoms with Gasteiger partial charge in [-0.2, -0.15) is 5.26 Å². The predicted octanol–water partition coefficient (Wildman–Crippen LogP) is 4.61. The van der Waals surface area contributed by atoms with Gasteiger partial charge in [0.1, 0.15) is 0 Å². The van der Waals surface area contributed by atoms with Crippen molar-refractivity contribution in [2.75, 3.05) is 13.1 Å². The molecule has 4 heteroatoms. The Morgan fingerprint density at radius 3 is 2.54 bits per heavy atom. The Hall–Kier alpha value is -2.90. The first kappa shape index (κ1) is 17.9. The highest BCUT2D eigenvalue weighted by Crippen LogP contribution is 2.25. The van der Waals surface area contributed by atoms with Crippen molar-refractivity contribution in [1.29, 1.82) is 5.26 Å². The number of carbonyl (C=O) groups excluding carboxylic acids is 1. The maximum atomic E-state index is 13.0. The molecule has 0 saturated heterocycles. The lowest BCUT2D eigenvalue weighted by molar-refractivity contribution is 0.0905. The Morgan fingerprint density at radius 2 is 1.88 bits per heavy atom. The number of fused-ring (bicyclic) bond motifs is 1. The highest BCUT2D eigenvalue weighted by Gasteiger charge is 2.21. The van der Waals surface area contributed by atoms with Gasteiger partial charge in [-0.15, -0.1) is 0 Å². The average molecular weight is 345 g/mol. The summed E-state index contributed by atoms with van der Waals surface area (Å²) in [5.41, 5.74) is 4.45. The van der Waals surface area contributed by atoms with Gasteiger partial charge in [-0.25, -0.2) is 0 Å². The van der Waals surface area contributed by atoms with Crippen LogP contribution >= 0.6 is 0 Å². The van der Waals surface area contributed by atoms with Crippen molar-refractivity contribution in [2.45, 2.75) is 26.8 Å². The van der Waals surface area contributed by atoms with Crippen LogP contribution in [0.3, 0.4) is 0 Å². The van der Waals surface area contributed by atoms with E-state index < -0.39 is 0 Å². The van der Waals surface area contributed by atoms with Crippen LogP contribution in [0.1, 0.15) is 47.1 Å². The Kier molecular flexibility index (Phi) is 5.20. The van der Waals surface area contributed by atoms with Gasteiger partial charge in [0.2, 0.25) is 0 Å². The number of ketones is 1. The fraction of sp³-hybridized carbons (Fsp3) is 0.273. The minimum absolute atomic E-state index is 0.0993. The van der Waals surface area contributed by atoms with Crippen LogP contribution in [0.5, 0.6) is 0 Å². The molecule has 2 aromatic carbocycles. The van der Waals surface area contributed by atoms with E-state index >= 15 is 0 Å². The standard InChI is InChI=1S/C22H23N3O/c1-4-25(16(3)18-11-9-17(13-23)10-12-18)14-21(26)22-15(2)24-20-8-6-5-7-19(20)22/h5-12,16,24H,4,14H2,1-3H3. The lowest BCUT2D eigenvalue weighted by Gasteiger charge is -2.27. The topological polar surface area (TPSA) is 59.9 Å². The van der Waals surface area contributed by atoms with Gasteiger partial charge >= 0.3 is 0 Å². The van der Waals surface area contributed by atoms with E-state index in [4.69, 9.17) is 5.26 Å². The Bertz CT molecular complexity index is 963. The van der Waals surface area contributed by atoms with Crippen LogP contribution in [0.15, 0.2) is 48.5 Å². The van der Waals surface area contributed by atoms with Gasteiger partial charge < -0.3 is 4.98 Å². The number of benzene rings is 2. The quantitative estimate of drug-likeness (QED) is 0.664. The number of nitriles is 1. The SMILES string of the molecule is CCN(CC(=O)c1c(C)[nH]c2ccccc12)C(C)c1ccc(C#N)cc1. The van der Waals surface area contributed by atoms with Crippen molar-refractivity contribution in [3.63, 3.8) is 0 Å². The molecular formula is C22H23N3O. The predicted molar refractivity (Wildman–Crippen MR) is 104 cm³/mol. The largest absolute Gasteiger partial charge is 0.358 e. The summed E-state index contributed by atoms with van der Waals surface area (Å²) < 4.78 is 0. The molecule has 0 aliphatic carbocycles. The van der Waals surface area contributed by atoms with Gasteiger partial charge in [-0.3, -0.25) is 9.69 Å². The fourth-order valence-corrected chi connectivity index (χ4v) is 3.47. The second-order valence-electron chi connectivity index (χ2n) is 6.57. The van der Waals surface area contributed by atoms with Gasteiger partial charge in [-0.1, -0.05) is 37.3 Å². The van der Waals surface area contributed by atoms with Crippen molar-refractivity contribution in [3.8, 4) is 6.07 Å². The summed E-state index contributed by atoms with van der Waals surface area (Å²) in [4.78, 5) is 18.5. The van der Waals surface area contributed by atoms with Crippen LogP contribution in [-0.4, -0.2) is 28.8 Å². The van der Waals surface area contributed by atoms with E-state index in [1.54, 1.807) is 0 Å². The van der Waals surface area contributed by atoms with E-state index in [-0.39, 0.29) is 11.8 Å². The molecule has 1 heterocycles. The number of rotatable bonds is 6. The third-order valence-corrected chi connectivity index (χ3v) is 5.00. The molecule has 1 atom stereocenters. The molecule has 3 aromatic rings. The number of para-hydroxylation sites is 1. The minimum Gasteiger partial charge on any atom is -0.358 e. The molecule has 4 nitrogen and oxygen atoms in total. The second kappa shape index (κ2) is 7.55. The van der Waals surface area contributed by atoms with Crippen molar-refractivity contribution in [2.24, 2.45) is 0 Å². The van der Waals surface area contributed by atoms with Crippen LogP contribution in [0.2, 0.25) is 0 Å². The molecule has 0 fully saturated rings. The molecule has 132 valence electrons. The summed E-state index contributed by atoms with van der Waals surface area (Å²) in [6, 6.07) is 17.7. The van der Waals surface area contributed by atoms with E-state index in [2.05, 4.69) is 29.8 Å². The lowest BCUT2D eigenvalue weighted by Crippen LogP contribution is -2.32. The van der Waals surface area contributed by atoms with E-state index in [1.165, 1.54) is 0 Å². The molecule has 0 saturated carbocycles. The molecule has 1 N–H and O–H groups in total. The van der Waals surface area contributed by atoms with Crippen molar-refractivity contribution in [1.82, 2.24) is 9.88 Å². The number of likely N-dealkylation sites (N-methyl/N-ethyl adjacent to an activating group) is 1. The van der Waals surface area contributed by atoms with Crippen molar-refractivity contribution in [3.05, 3.63) is 70.9 Å². The minimum atomic E-state index is 0.0993. The summed E-state index contributed by atoms with van der Waals surface area (Å²) in [5, 5.41) is 9.93. The summed E-state index contributed by atoms with van der Waals surface area (Å²) in [6.07, 6.45) is 0. The monoisotopic (exact) mass is 345 g/mol. The lowest BCUT2D eigenvalue weighted by atomic mass is 10.0. The zero-order valence-corrected chi connectivity index (χ0v) is 15.4. The number of aromatic nitrogens is 1. The zero-order chi connectivity index (χ0) is 18.7. The maximum Gasteiger partial charge on any atom is 0.179 e. The highest BCUT2D eigenvalue weighted by molar-refractivity contribution is 6.10. The van der Waals surface area contributed by atoms with Gasteiger partial charge in [-0.05, 0) is 44.2 Å². The fourth-order valence-electron chi connectivity index (χ4n) is 3.47. The number of hydrogen-bond donors (Lipinski definition) is 1. The van der Waals surface area contributed by atoms with Crippen LogP contribution in [0, 0.1) is 18.3 Å².